The van der Waals surface area contributed by atoms with Crippen molar-refractivity contribution in [3.05, 3.63) is 29.8 Å². The van der Waals surface area contributed by atoms with Crippen LogP contribution in [-0.2, 0) is 9.59 Å². The van der Waals surface area contributed by atoms with Crippen molar-refractivity contribution in [2.45, 2.75) is 24.9 Å². The summed E-state index contributed by atoms with van der Waals surface area (Å²) < 4.78 is 0. The highest BCUT2D eigenvalue weighted by Gasteiger charge is 2.41. The Morgan fingerprint density at radius 3 is 2.58 bits per heavy atom. The third-order valence-corrected chi connectivity index (χ3v) is 3.43. The van der Waals surface area contributed by atoms with Crippen LogP contribution in [0, 0.1) is 0 Å². The van der Waals surface area contributed by atoms with Crippen LogP contribution in [0.15, 0.2) is 24.3 Å². The minimum absolute atomic E-state index is 0.0633. The van der Waals surface area contributed by atoms with E-state index in [9.17, 15) is 14.7 Å². The molecule has 1 aliphatic rings. The summed E-state index contributed by atoms with van der Waals surface area (Å²) in [6.07, 6.45) is 0.861. The van der Waals surface area contributed by atoms with Crippen molar-refractivity contribution in [1.29, 1.82) is 0 Å². The van der Waals surface area contributed by atoms with E-state index in [1.165, 1.54) is 11.0 Å². The van der Waals surface area contributed by atoms with Crippen molar-refractivity contribution < 1.29 is 19.8 Å². The molecule has 1 aromatic rings. The van der Waals surface area contributed by atoms with Crippen molar-refractivity contribution in [3.63, 3.8) is 0 Å². The molecule has 6 nitrogen and oxygen atoms in total. The highest BCUT2D eigenvalue weighted by atomic mass is 16.4. The van der Waals surface area contributed by atoms with Crippen LogP contribution in [0.1, 0.15) is 24.4 Å². The molecule has 0 saturated carbocycles. The molecule has 0 aromatic heterocycles. The van der Waals surface area contributed by atoms with E-state index in [2.05, 4.69) is 0 Å². The zero-order valence-electron chi connectivity index (χ0n) is 10.3. The molecule has 2 atom stereocenters. The summed E-state index contributed by atoms with van der Waals surface area (Å²) in [6, 6.07) is 5.33. The van der Waals surface area contributed by atoms with Gasteiger partial charge in [-0.2, -0.15) is 0 Å². The molecule has 102 valence electrons. The third kappa shape index (κ3) is 2.39. The van der Waals surface area contributed by atoms with Crippen LogP contribution in [0.2, 0.25) is 0 Å². The summed E-state index contributed by atoms with van der Waals surface area (Å²) in [5, 5.41) is 19.0. The Morgan fingerprint density at radius 2 is 2.00 bits per heavy atom. The largest absolute Gasteiger partial charge is 0.508 e. The number of para-hydroxylation sites is 1. The Hall–Kier alpha value is -2.08. The highest BCUT2D eigenvalue weighted by molar-refractivity contribution is 5.86. The van der Waals surface area contributed by atoms with Crippen molar-refractivity contribution >= 4 is 11.9 Å². The van der Waals surface area contributed by atoms with E-state index in [-0.39, 0.29) is 12.3 Å². The first-order chi connectivity index (χ1) is 9.06. The number of aliphatic carboxylic acids is 1. The standard InChI is InChI=1S/C13H16N2O4/c14-7-12(17)15-9(5-6-10(15)13(18)19)8-3-1-2-4-11(8)16/h1-4,9-10,16H,5-7,14H2,(H,18,19)/t9?,10-/m0/s1. The summed E-state index contributed by atoms with van der Waals surface area (Å²) in [7, 11) is 0. The number of carbonyl (C=O) groups excluding carboxylic acids is 1. The van der Waals surface area contributed by atoms with Crippen LogP contribution < -0.4 is 5.73 Å². The van der Waals surface area contributed by atoms with Crippen molar-refractivity contribution in [1.82, 2.24) is 4.90 Å². The number of aromatic hydroxyl groups is 1. The second-order valence-corrected chi connectivity index (χ2v) is 4.51. The van der Waals surface area contributed by atoms with E-state index < -0.39 is 24.0 Å². The Kier molecular flexibility index (Phi) is 3.71. The van der Waals surface area contributed by atoms with Gasteiger partial charge < -0.3 is 20.8 Å². The van der Waals surface area contributed by atoms with Crippen molar-refractivity contribution in [2.75, 3.05) is 6.54 Å². The molecule has 1 amide bonds. The molecule has 1 aromatic carbocycles. The maximum atomic E-state index is 11.9. The first-order valence-corrected chi connectivity index (χ1v) is 6.08. The van der Waals surface area contributed by atoms with Gasteiger partial charge in [0.05, 0.1) is 12.6 Å². The number of carbonyl (C=O) groups is 2. The molecule has 4 N–H and O–H groups in total. The van der Waals surface area contributed by atoms with Crippen LogP contribution in [-0.4, -0.2) is 39.6 Å². The predicted octanol–water partition coefficient (Wildman–Crippen LogP) is 0.468. The van der Waals surface area contributed by atoms with Crippen molar-refractivity contribution in [2.24, 2.45) is 5.73 Å². The van der Waals surface area contributed by atoms with Crippen LogP contribution in [0.5, 0.6) is 5.75 Å². The molecule has 0 radical (unpaired) electrons. The lowest BCUT2D eigenvalue weighted by atomic mass is 10.0. The fraction of sp³-hybridized carbons (Fsp3) is 0.385. The molecular formula is C13H16N2O4. The lowest BCUT2D eigenvalue weighted by molar-refractivity contribution is -0.149. The number of likely N-dealkylation sites (tertiary alicyclic amines) is 1. The molecule has 1 heterocycles. The van der Waals surface area contributed by atoms with Crippen LogP contribution in [0.4, 0.5) is 0 Å². The van der Waals surface area contributed by atoms with Gasteiger partial charge in [-0.1, -0.05) is 18.2 Å². The quantitative estimate of drug-likeness (QED) is 0.736. The van der Waals surface area contributed by atoms with E-state index in [1.807, 2.05) is 0 Å². The van der Waals surface area contributed by atoms with Gasteiger partial charge in [0.2, 0.25) is 5.91 Å². The molecule has 19 heavy (non-hydrogen) atoms. The molecule has 0 aliphatic carbocycles. The van der Waals surface area contributed by atoms with Gasteiger partial charge in [-0.05, 0) is 18.9 Å². The molecule has 1 saturated heterocycles. The molecular weight excluding hydrogens is 248 g/mol. The molecule has 6 heteroatoms. The maximum absolute atomic E-state index is 11.9. The van der Waals surface area contributed by atoms with Gasteiger partial charge in [0.1, 0.15) is 11.8 Å². The lowest BCUT2D eigenvalue weighted by Gasteiger charge is -2.28. The Morgan fingerprint density at radius 1 is 1.32 bits per heavy atom. The SMILES string of the molecule is NCC(=O)N1C(c2ccccc2O)CC[C@H]1C(=O)O. The summed E-state index contributed by atoms with van der Waals surface area (Å²) in [5.41, 5.74) is 5.91. The van der Waals surface area contributed by atoms with Crippen molar-refractivity contribution in [3.8, 4) is 5.75 Å². The third-order valence-electron chi connectivity index (χ3n) is 3.43. The van der Waals surface area contributed by atoms with E-state index in [0.29, 0.717) is 18.4 Å². The zero-order chi connectivity index (χ0) is 14.0. The fourth-order valence-corrected chi connectivity index (χ4v) is 2.58. The second-order valence-electron chi connectivity index (χ2n) is 4.51. The second kappa shape index (κ2) is 5.27. The number of hydrogen-bond donors (Lipinski definition) is 3. The van der Waals surface area contributed by atoms with Crippen LogP contribution in [0.25, 0.3) is 0 Å². The van der Waals surface area contributed by atoms with E-state index in [1.54, 1.807) is 18.2 Å². The number of rotatable bonds is 3. The number of hydrogen-bond acceptors (Lipinski definition) is 4. The molecule has 0 bridgehead atoms. The van der Waals surface area contributed by atoms with E-state index in [0.717, 1.165) is 0 Å². The van der Waals surface area contributed by atoms with E-state index in [4.69, 9.17) is 10.8 Å². The van der Waals surface area contributed by atoms with Gasteiger partial charge in [-0.3, -0.25) is 4.79 Å². The Balaban J connectivity index is 2.37. The Bertz CT molecular complexity index is 503. The van der Waals surface area contributed by atoms with Gasteiger partial charge in [0.15, 0.2) is 0 Å². The predicted molar refractivity (Wildman–Crippen MR) is 67.4 cm³/mol. The lowest BCUT2D eigenvalue weighted by Crippen LogP contribution is -2.44. The molecule has 1 aliphatic heterocycles. The molecule has 2 rings (SSSR count). The van der Waals surface area contributed by atoms with Gasteiger partial charge >= 0.3 is 5.97 Å². The number of nitrogens with zero attached hydrogens (tertiary/aromatic N) is 1. The van der Waals surface area contributed by atoms with E-state index >= 15 is 0 Å². The van der Waals surface area contributed by atoms with Crippen LogP contribution in [0.3, 0.4) is 0 Å². The normalized spacial score (nSPS) is 22.5. The zero-order valence-corrected chi connectivity index (χ0v) is 10.3. The van der Waals surface area contributed by atoms with Gasteiger partial charge in [-0.25, -0.2) is 4.79 Å². The number of phenols is 1. The first-order valence-electron chi connectivity index (χ1n) is 6.08. The Labute approximate surface area is 110 Å². The number of carboxylic acid groups (broad SMARTS) is 1. The molecule has 1 fully saturated rings. The molecule has 0 spiro atoms. The number of carboxylic acids is 1. The van der Waals surface area contributed by atoms with Crippen LogP contribution >= 0.6 is 0 Å². The summed E-state index contributed by atoms with van der Waals surface area (Å²) >= 11 is 0. The monoisotopic (exact) mass is 264 g/mol. The van der Waals surface area contributed by atoms with Gasteiger partial charge in [0.25, 0.3) is 0 Å². The minimum atomic E-state index is -1.04. The average molecular weight is 264 g/mol. The topological polar surface area (TPSA) is 104 Å². The molecule has 1 unspecified atom stereocenters. The summed E-state index contributed by atoms with van der Waals surface area (Å²) in [5.74, 6) is -1.40. The first kappa shape index (κ1) is 13.4. The minimum Gasteiger partial charge on any atom is -0.508 e. The number of nitrogens with two attached hydrogens (primary N) is 1. The smallest absolute Gasteiger partial charge is 0.326 e. The van der Waals surface area contributed by atoms with Gasteiger partial charge in [0, 0.05) is 5.56 Å². The summed E-state index contributed by atoms with van der Waals surface area (Å²) in [6.45, 7) is -0.242. The number of amides is 1. The highest BCUT2D eigenvalue weighted by Crippen LogP contribution is 2.39. The summed E-state index contributed by atoms with van der Waals surface area (Å²) in [4.78, 5) is 24.4. The number of benzene rings is 1. The average Bonchev–Trinajstić information content (AvgIpc) is 2.83. The fourth-order valence-electron chi connectivity index (χ4n) is 2.58. The maximum Gasteiger partial charge on any atom is 0.326 e. The van der Waals surface area contributed by atoms with Gasteiger partial charge in [-0.15, -0.1) is 0 Å². The number of phenolic OH excluding ortho intramolecular Hbond substituents is 1.